The van der Waals surface area contributed by atoms with Crippen LogP contribution in [0.15, 0.2) is 12.1 Å². The molecule has 1 aromatic carbocycles. The Morgan fingerprint density at radius 1 is 1.31 bits per heavy atom. The maximum atomic E-state index is 9.68. The van der Waals surface area contributed by atoms with Gasteiger partial charge in [-0.25, -0.2) is 0 Å². The summed E-state index contributed by atoms with van der Waals surface area (Å²) in [5, 5.41) is 18.5. The summed E-state index contributed by atoms with van der Waals surface area (Å²) in [5.74, 6) is 0.744. The van der Waals surface area contributed by atoms with Gasteiger partial charge < -0.3 is 25.4 Å². The predicted octanol–water partition coefficient (Wildman–Crippen LogP) is 0.271. The Kier molecular flexibility index (Phi) is 4.39. The zero-order chi connectivity index (χ0) is 12.1. The van der Waals surface area contributed by atoms with Gasteiger partial charge >= 0.3 is 0 Å². The number of nitrogens with two attached hydrogens (primary N) is 1. The van der Waals surface area contributed by atoms with Gasteiger partial charge in [0.15, 0.2) is 11.5 Å². The van der Waals surface area contributed by atoms with E-state index in [2.05, 4.69) is 0 Å². The standard InChI is InChI=1S/C11H17NO4/c1-15-10-5-7(3-8(12)6-13)4-9(14)11(10)16-2/h4-5,8,13-14H,3,6,12H2,1-2H3. The summed E-state index contributed by atoms with van der Waals surface area (Å²) in [7, 11) is 2.95. The van der Waals surface area contributed by atoms with Crippen LogP contribution in [0.4, 0.5) is 0 Å². The second-order valence-electron chi connectivity index (χ2n) is 3.50. The topological polar surface area (TPSA) is 84.9 Å². The minimum atomic E-state index is -0.350. The van der Waals surface area contributed by atoms with Gasteiger partial charge in [0.2, 0.25) is 5.75 Å². The average Bonchev–Trinajstić information content (AvgIpc) is 2.28. The molecule has 0 bridgehead atoms. The molecule has 0 aliphatic carbocycles. The van der Waals surface area contributed by atoms with Crippen LogP contribution in [0.3, 0.4) is 0 Å². The van der Waals surface area contributed by atoms with Crippen molar-refractivity contribution in [3.63, 3.8) is 0 Å². The smallest absolute Gasteiger partial charge is 0.203 e. The van der Waals surface area contributed by atoms with Gasteiger partial charge in [0.05, 0.1) is 20.8 Å². The first-order chi connectivity index (χ1) is 7.62. The van der Waals surface area contributed by atoms with Crippen molar-refractivity contribution in [2.75, 3.05) is 20.8 Å². The summed E-state index contributed by atoms with van der Waals surface area (Å²) in [6.07, 6.45) is 0.463. The maximum Gasteiger partial charge on any atom is 0.203 e. The van der Waals surface area contributed by atoms with E-state index in [1.807, 2.05) is 0 Å². The van der Waals surface area contributed by atoms with Crippen molar-refractivity contribution in [1.82, 2.24) is 0 Å². The maximum absolute atomic E-state index is 9.68. The monoisotopic (exact) mass is 227 g/mol. The van der Waals surface area contributed by atoms with E-state index >= 15 is 0 Å². The van der Waals surface area contributed by atoms with Crippen LogP contribution in [-0.4, -0.2) is 37.1 Å². The van der Waals surface area contributed by atoms with Crippen LogP contribution in [0.1, 0.15) is 5.56 Å². The molecule has 0 aliphatic heterocycles. The molecule has 0 fully saturated rings. The summed E-state index contributed by atoms with van der Waals surface area (Å²) >= 11 is 0. The highest BCUT2D eigenvalue weighted by Gasteiger charge is 2.13. The van der Waals surface area contributed by atoms with Crippen molar-refractivity contribution in [2.24, 2.45) is 5.73 Å². The Labute approximate surface area is 94.4 Å². The number of benzene rings is 1. The largest absolute Gasteiger partial charge is 0.504 e. The molecule has 4 N–H and O–H groups in total. The molecule has 0 radical (unpaired) electrons. The molecule has 0 heterocycles. The van der Waals surface area contributed by atoms with Crippen molar-refractivity contribution < 1.29 is 19.7 Å². The third-order valence-electron chi connectivity index (χ3n) is 2.25. The van der Waals surface area contributed by atoms with Crippen molar-refractivity contribution in [3.8, 4) is 17.2 Å². The summed E-state index contributed by atoms with van der Waals surface area (Å²) < 4.78 is 10.1. The van der Waals surface area contributed by atoms with Crippen molar-refractivity contribution in [3.05, 3.63) is 17.7 Å². The molecule has 5 heteroatoms. The molecule has 0 aromatic heterocycles. The lowest BCUT2D eigenvalue weighted by Crippen LogP contribution is -2.26. The van der Waals surface area contributed by atoms with Crippen LogP contribution in [0.25, 0.3) is 0 Å². The Morgan fingerprint density at radius 3 is 2.50 bits per heavy atom. The van der Waals surface area contributed by atoms with Crippen molar-refractivity contribution in [1.29, 1.82) is 0 Å². The molecular formula is C11H17NO4. The molecule has 1 unspecified atom stereocenters. The lowest BCUT2D eigenvalue weighted by Gasteiger charge is -2.13. The van der Waals surface area contributed by atoms with E-state index in [9.17, 15) is 5.11 Å². The first-order valence-corrected chi connectivity index (χ1v) is 4.92. The second-order valence-corrected chi connectivity index (χ2v) is 3.50. The molecule has 90 valence electrons. The minimum absolute atomic E-state index is 0.00184. The van der Waals surface area contributed by atoms with E-state index in [4.69, 9.17) is 20.3 Å². The van der Waals surface area contributed by atoms with Crippen LogP contribution < -0.4 is 15.2 Å². The van der Waals surface area contributed by atoms with E-state index < -0.39 is 0 Å². The molecule has 1 rings (SSSR count). The molecule has 0 saturated heterocycles. The number of hydrogen-bond donors (Lipinski definition) is 3. The minimum Gasteiger partial charge on any atom is -0.504 e. The molecule has 0 saturated carbocycles. The van der Waals surface area contributed by atoms with E-state index in [0.29, 0.717) is 17.9 Å². The van der Waals surface area contributed by atoms with Crippen molar-refractivity contribution >= 4 is 0 Å². The number of phenolic OH excluding ortho intramolecular Hbond substituents is 1. The highest BCUT2D eigenvalue weighted by molar-refractivity contribution is 5.53. The van der Waals surface area contributed by atoms with Gasteiger partial charge in [0.1, 0.15) is 0 Å². The number of rotatable bonds is 5. The highest BCUT2D eigenvalue weighted by atomic mass is 16.5. The Balaban J connectivity index is 3.00. The summed E-state index contributed by atoms with van der Waals surface area (Å²) in [5.41, 5.74) is 6.40. The zero-order valence-corrected chi connectivity index (χ0v) is 9.43. The Morgan fingerprint density at radius 2 is 2.00 bits per heavy atom. The van der Waals surface area contributed by atoms with Gasteiger partial charge in [-0.1, -0.05) is 0 Å². The van der Waals surface area contributed by atoms with E-state index in [1.54, 1.807) is 12.1 Å². The van der Waals surface area contributed by atoms with E-state index in [0.717, 1.165) is 5.56 Å². The first-order valence-electron chi connectivity index (χ1n) is 4.92. The summed E-state index contributed by atoms with van der Waals surface area (Å²) in [6.45, 7) is -0.102. The van der Waals surface area contributed by atoms with Crippen molar-refractivity contribution in [2.45, 2.75) is 12.5 Å². The average molecular weight is 227 g/mol. The third kappa shape index (κ3) is 2.77. The highest BCUT2D eigenvalue weighted by Crippen LogP contribution is 2.37. The Bertz CT molecular complexity index is 354. The van der Waals surface area contributed by atoms with Crippen LogP contribution >= 0.6 is 0 Å². The van der Waals surface area contributed by atoms with Gasteiger partial charge in [-0.2, -0.15) is 0 Å². The molecule has 0 spiro atoms. The molecule has 1 atom stereocenters. The van der Waals surface area contributed by atoms with Crippen LogP contribution in [0, 0.1) is 0 Å². The van der Waals surface area contributed by atoms with E-state index in [-0.39, 0.29) is 18.4 Å². The van der Waals surface area contributed by atoms with Gasteiger partial charge in [0.25, 0.3) is 0 Å². The number of phenols is 1. The van der Waals surface area contributed by atoms with Gasteiger partial charge in [-0.15, -0.1) is 0 Å². The first kappa shape index (κ1) is 12.6. The number of hydrogen-bond acceptors (Lipinski definition) is 5. The molecule has 1 aromatic rings. The Hall–Kier alpha value is -1.46. The zero-order valence-electron chi connectivity index (χ0n) is 9.43. The SMILES string of the molecule is COc1cc(CC(N)CO)cc(O)c1OC. The number of aromatic hydroxyl groups is 1. The summed E-state index contributed by atoms with van der Waals surface area (Å²) in [4.78, 5) is 0. The molecule has 0 amide bonds. The fraction of sp³-hybridized carbons (Fsp3) is 0.455. The van der Waals surface area contributed by atoms with Gasteiger partial charge in [0, 0.05) is 6.04 Å². The number of aliphatic hydroxyl groups excluding tert-OH is 1. The van der Waals surface area contributed by atoms with Crippen LogP contribution in [0.5, 0.6) is 17.2 Å². The number of methoxy groups -OCH3 is 2. The lowest BCUT2D eigenvalue weighted by molar-refractivity contribution is 0.265. The van der Waals surface area contributed by atoms with Gasteiger partial charge in [-0.3, -0.25) is 0 Å². The lowest BCUT2D eigenvalue weighted by atomic mass is 10.1. The third-order valence-corrected chi connectivity index (χ3v) is 2.25. The second kappa shape index (κ2) is 5.58. The summed E-state index contributed by atoms with van der Waals surface area (Å²) in [6, 6.07) is 2.93. The molecule has 16 heavy (non-hydrogen) atoms. The van der Waals surface area contributed by atoms with Gasteiger partial charge in [-0.05, 0) is 24.1 Å². The number of ether oxygens (including phenoxy) is 2. The number of aliphatic hydroxyl groups is 1. The fourth-order valence-corrected chi connectivity index (χ4v) is 1.48. The van der Waals surface area contributed by atoms with Crippen LogP contribution in [0.2, 0.25) is 0 Å². The predicted molar refractivity (Wildman–Crippen MR) is 60.0 cm³/mol. The quantitative estimate of drug-likeness (QED) is 0.672. The normalized spacial score (nSPS) is 12.2. The fourth-order valence-electron chi connectivity index (χ4n) is 1.48. The molecular weight excluding hydrogens is 210 g/mol. The van der Waals surface area contributed by atoms with Crippen LogP contribution in [-0.2, 0) is 6.42 Å². The molecule has 5 nitrogen and oxygen atoms in total. The molecule has 0 aliphatic rings. The van der Waals surface area contributed by atoms with E-state index in [1.165, 1.54) is 14.2 Å².